The van der Waals surface area contributed by atoms with Crippen LogP contribution in [0.4, 0.5) is 0 Å². The van der Waals surface area contributed by atoms with Crippen LogP contribution in [-0.2, 0) is 4.79 Å². The fraction of sp³-hybridized carbons (Fsp3) is 0.400. The van der Waals surface area contributed by atoms with Gasteiger partial charge in [0.1, 0.15) is 0 Å². The van der Waals surface area contributed by atoms with Crippen molar-refractivity contribution in [2.75, 3.05) is 32.7 Å². The highest BCUT2D eigenvalue weighted by Crippen LogP contribution is 2.22. The molecule has 0 spiro atoms. The molecule has 5 nitrogen and oxygen atoms in total. The second kappa shape index (κ2) is 8.12. The number of nitrogens with zero attached hydrogens (tertiary/aromatic N) is 2. The van der Waals surface area contributed by atoms with Gasteiger partial charge in [0.25, 0.3) is 0 Å². The van der Waals surface area contributed by atoms with E-state index in [1.807, 2.05) is 42.2 Å². The van der Waals surface area contributed by atoms with E-state index in [0.29, 0.717) is 38.5 Å². The smallest absolute Gasteiger partial charge is 0.230 e. The molecule has 5 heteroatoms. The van der Waals surface area contributed by atoms with E-state index in [0.717, 1.165) is 12.0 Å². The maximum Gasteiger partial charge on any atom is 0.230 e. The number of furan rings is 1. The Morgan fingerprint density at radius 3 is 2.36 bits per heavy atom. The third-order valence-corrected chi connectivity index (χ3v) is 4.76. The second-order valence-corrected chi connectivity index (χ2v) is 6.37. The van der Waals surface area contributed by atoms with Gasteiger partial charge in [-0.3, -0.25) is 14.5 Å². The third kappa shape index (κ3) is 4.17. The van der Waals surface area contributed by atoms with Crippen LogP contribution in [0.15, 0.2) is 53.1 Å². The van der Waals surface area contributed by atoms with Crippen LogP contribution in [0.3, 0.4) is 0 Å². The predicted octanol–water partition coefficient (Wildman–Crippen LogP) is 2.80. The first-order chi connectivity index (χ1) is 12.2. The molecule has 0 aliphatic carbocycles. The average molecular weight is 340 g/mol. The number of Topliss-reactive ketones (excluding diaryl/α,β-unsaturated/α-hetero) is 1. The van der Waals surface area contributed by atoms with Gasteiger partial charge in [0.05, 0.1) is 18.7 Å². The quantitative estimate of drug-likeness (QED) is 0.759. The zero-order valence-corrected chi connectivity index (χ0v) is 14.6. The van der Waals surface area contributed by atoms with Crippen LogP contribution in [0, 0.1) is 0 Å². The molecule has 2 heterocycles. The summed E-state index contributed by atoms with van der Waals surface area (Å²) in [6.07, 6.45) is 2.30. The molecule has 1 aromatic carbocycles. The maximum atomic E-state index is 12.9. The normalized spacial score (nSPS) is 16.6. The van der Waals surface area contributed by atoms with Crippen molar-refractivity contribution in [2.24, 2.45) is 0 Å². The van der Waals surface area contributed by atoms with Gasteiger partial charge in [-0.1, -0.05) is 37.3 Å². The minimum atomic E-state index is -0.0856. The molecular weight excluding hydrogens is 316 g/mol. The minimum Gasteiger partial charge on any atom is -0.461 e. The average Bonchev–Trinajstić information content (AvgIpc) is 3.19. The summed E-state index contributed by atoms with van der Waals surface area (Å²) in [5.41, 5.74) is 1.07. The lowest BCUT2D eigenvalue weighted by Gasteiger charge is -2.36. The van der Waals surface area contributed by atoms with Crippen LogP contribution >= 0.6 is 0 Å². The number of carbonyl (C=O) groups is 2. The van der Waals surface area contributed by atoms with Crippen molar-refractivity contribution >= 4 is 11.7 Å². The van der Waals surface area contributed by atoms with E-state index in [1.54, 1.807) is 12.1 Å². The number of amides is 1. The highest BCUT2D eigenvalue weighted by Gasteiger charge is 2.28. The highest BCUT2D eigenvalue weighted by molar-refractivity contribution is 5.95. The molecule has 0 N–H and O–H groups in total. The minimum absolute atomic E-state index is 0.0134. The van der Waals surface area contributed by atoms with E-state index in [-0.39, 0.29) is 17.6 Å². The van der Waals surface area contributed by atoms with Crippen molar-refractivity contribution in [3.8, 4) is 0 Å². The molecule has 1 atom stereocenters. The molecule has 25 heavy (non-hydrogen) atoms. The number of rotatable bonds is 6. The summed E-state index contributed by atoms with van der Waals surface area (Å²) in [5, 5.41) is 0. The first-order valence-electron chi connectivity index (χ1n) is 8.82. The van der Waals surface area contributed by atoms with Crippen molar-refractivity contribution in [2.45, 2.75) is 19.3 Å². The molecule has 1 amide bonds. The van der Waals surface area contributed by atoms with Crippen LogP contribution in [0.5, 0.6) is 0 Å². The first kappa shape index (κ1) is 17.4. The molecule has 1 aromatic heterocycles. The zero-order valence-electron chi connectivity index (χ0n) is 14.6. The summed E-state index contributed by atoms with van der Waals surface area (Å²) in [7, 11) is 0. The molecule has 1 fully saturated rings. The predicted molar refractivity (Wildman–Crippen MR) is 95.5 cm³/mol. The van der Waals surface area contributed by atoms with E-state index >= 15 is 0 Å². The Bertz CT molecular complexity index is 689. The standard InChI is InChI=1S/C20H24N2O3/c1-2-17(16-7-4-3-5-8-16)20(24)22-12-10-21(11-13-22)15-18(23)19-9-6-14-25-19/h3-9,14,17H,2,10-13,15H2,1H3. The lowest BCUT2D eigenvalue weighted by atomic mass is 9.95. The fourth-order valence-electron chi connectivity index (χ4n) is 3.30. The molecule has 1 saturated heterocycles. The highest BCUT2D eigenvalue weighted by atomic mass is 16.3. The molecule has 1 aliphatic rings. The van der Waals surface area contributed by atoms with Gasteiger partial charge in [-0.05, 0) is 24.1 Å². The van der Waals surface area contributed by atoms with Crippen LogP contribution in [0.25, 0.3) is 0 Å². The molecule has 0 saturated carbocycles. The Kier molecular flexibility index (Phi) is 5.66. The number of hydrogen-bond donors (Lipinski definition) is 0. The van der Waals surface area contributed by atoms with E-state index in [9.17, 15) is 9.59 Å². The monoisotopic (exact) mass is 340 g/mol. The van der Waals surface area contributed by atoms with E-state index in [1.165, 1.54) is 6.26 Å². The molecule has 0 bridgehead atoms. The summed E-state index contributed by atoms with van der Waals surface area (Å²) < 4.78 is 5.15. The Hall–Kier alpha value is -2.40. The molecule has 3 rings (SSSR count). The Labute approximate surface area is 148 Å². The topological polar surface area (TPSA) is 53.8 Å². The molecule has 0 radical (unpaired) electrons. The summed E-state index contributed by atoms with van der Waals surface area (Å²) in [6, 6.07) is 13.4. The lowest BCUT2D eigenvalue weighted by molar-refractivity contribution is -0.134. The van der Waals surface area contributed by atoms with E-state index < -0.39 is 0 Å². The third-order valence-electron chi connectivity index (χ3n) is 4.76. The number of piperazine rings is 1. The molecule has 132 valence electrons. The Morgan fingerprint density at radius 2 is 1.76 bits per heavy atom. The van der Waals surface area contributed by atoms with Gasteiger partial charge in [0.2, 0.25) is 11.7 Å². The second-order valence-electron chi connectivity index (χ2n) is 6.37. The van der Waals surface area contributed by atoms with Crippen molar-refractivity contribution in [3.63, 3.8) is 0 Å². The van der Waals surface area contributed by atoms with Crippen molar-refractivity contribution in [3.05, 3.63) is 60.1 Å². The number of benzene rings is 1. The first-order valence-corrected chi connectivity index (χ1v) is 8.82. The summed E-state index contributed by atoms with van der Waals surface area (Å²) in [4.78, 5) is 29.0. The van der Waals surface area contributed by atoms with Crippen molar-refractivity contribution in [1.29, 1.82) is 0 Å². The summed E-state index contributed by atoms with van der Waals surface area (Å²) in [5.74, 6) is 0.484. The van der Waals surface area contributed by atoms with Gasteiger partial charge in [0, 0.05) is 26.2 Å². The van der Waals surface area contributed by atoms with Gasteiger partial charge in [-0.15, -0.1) is 0 Å². The van der Waals surface area contributed by atoms with Crippen molar-refractivity contribution in [1.82, 2.24) is 9.80 Å². The summed E-state index contributed by atoms with van der Waals surface area (Å²) >= 11 is 0. The summed E-state index contributed by atoms with van der Waals surface area (Å²) in [6.45, 7) is 5.13. The van der Waals surface area contributed by atoms with Gasteiger partial charge < -0.3 is 9.32 Å². The van der Waals surface area contributed by atoms with Crippen LogP contribution in [0.2, 0.25) is 0 Å². The Balaban J connectivity index is 1.54. The molecule has 1 aliphatic heterocycles. The Morgan fingerprint density at radius 1 is 1.04 bits per heavy atom. The maximum absolute atomic E-state index is 12.9. The fourth-order valence-corrected chi connectivity index (χ4v) is 3.30. The van der Waals surface area contributed by atoms with Crippen LogP contribution in [0.1, 0.15) is 35.4 Å². The van der Waals surface area contributed by atoms with E-state index in [4.69, 9.17) is 4.42 Å². The molecule has 1 unspecified atom stereocenters. The van der Waals surface area contributed by atoms with Crippen LogP contribution in [-0.4, -0.2) is 54.2 Å². The van der Waals surface area contributed by atoms with Gasteiger partial charge in [-0.2, -0.15) is 0 Å². The van der Waals surface area contributed by atoms with Gasteiger partial charge >= 0.3 is 0 Å². The number of ketones is 1. The lowest BCUT2D eigenvalue weighted by Crippen LogP contribution is -2.51. The van der Waals surface area contributed by atoms with Crippen LogP contribution < -0.4 is 0 Å². The molecular formula is C20H24N2O3. The SMILES string of the molecule is CCC(C(=O)N1CCN(CC(=O)c2ccco2)CC1)c1ccccc1. The van der Waals surface area contributed by atoms with Crippen molar-refractivity contribution < 1.29 is 14.0 Å². The van der Waals surface area contributed by atoms with Gasteiger partial charge in [0.15, 0.2) is 5.76 Å². The number of carbonyl (C=O) groups excluding carboxylic acids is 2. The molecule has 2 aromatic rings. The zero-order chi connectivity index (χ0) is 17.6. The largest absolute Gasteiger partial charge is 0.461 e. The van der Waals surface area contributed by atoms with E-state index in [2.05, 4.69) is 4.90 Å². The number of hydrogen-bond acceptors (Lipinski definition) is 4. The van der Waals surface area contributed by atoms with Gasteiger partial charge in [-0.25, -0.2) is 0 Å².